The van der Waals surface area contributed by atoms with Crippen molar-refractivity contribution in [3.8, 4) is 0 Å². The van der Waals surface area contributed by atoms with Gasteiger partial charge in [0.1, 0.15) is 5.82 Å². The Balaban J connectivity index is 1.73. The highest BCUT2D eigenvalue weighted by molar-refractivity contribution is 5.99. The predicted molar refractivity (Wildman–Crippen MR) is 81.1 cm³/mol. The summed E-state index contributed by atoms with van der Waals surface area (Å²) in [5.74, 6) is -0.445. The fourth-order valence-electron chi connectivity index (χ4n) is 3.46. The average molecular weight is 291 g/mol. The van der Waals surface area contributed by atoms with Gasteiger partial charge in [0, 0.05) is 26.2 Å². The SMILES string of the molecule is CNc1c(F)cccc1C(=O)N1CCC(N2CCCC2)C1. The van der Waals surface area contributed by atoms with E-state index in [0.29, 0.717) is 17.3 Å². The van der Waals surface area contributed by atoms with Crippen molar-refractivity contribution in [2.45, 2.75) is 25.3 Å². The molecule has 2 saturated heterocycles. The highest BCUT2D eigenvalue weighted by Crippen LogP contribution is 2.25. The molecule has 2 aliphatic heterocycles. The van der Waals surface area contributed by atoms with Crippen molar-refractivity contribution in [2.75, 3.05) is 38.5 Å². The van der Waals surface area contributed by atoms with Crippen LogP contribution in [-0.4, -0.2) is 55.0 Å². The average Bonchev–Trinajstić information content (AvgIpc) is 3.16. The number of hydrogen-bond acceptors (Lipinski definition) is 3. The van der Waals surface area contributed by atoms with Gasteiger partial charge in [-0.15, -0.1) is 0 Å². The first kappa shape index (κ1) is 14.3. The lowest BCUT2D eigenvalue weighted by molar-refractivity contribution is 0.0780. The summed E-state index contributed by atoms with van der Waals surface area (Å²) < 4.78 is 13.8. The normalized spacial score (nSPS) is 22.8. The third-order valence-electron chi connectivity index (χ3n) is 4.60. The molecule has 114 valence electrons. The molecule has 0 saturated carbocycles. The van der Waals surface area contributed by atoms with Crippen LogP contribution in [0.2, 0.25) is 0 Å². The number of nitrogens with one attached hydrogen (secondary N) is 1. The Morgan fingerprint density at radius 1 is 1.29 bits per heavy atom. The van der Waals surface area contributed by atoms with Crippen LogP contribution in [0.15, 0.2) is 18.2 Å². The number of likely N-dealkylation sites (tertiary alicyclic amines) is 2. The van der Waals surface area contributed by atoms with Gasteiger partial charge in [-0.3, -0.25) is 9.69 Å². The molecule has 2 fully saturated rings. The molecular weight excluding hydrogens is 269 g/mol. The van der Waals surface area contributed by atoms with Gasteiger partial charge in [0.25, 0.3) is 5.91 Å². The number of carbonyl (C=O) groups excluding carboxylic acids is 1. The molecule has 5 heteroatoms. The van der Waals surface area contributed by atoms with Gasteiger partial charge in [0.05, 0.1) is 11.3 Å². The monoisotopic (exact) mass is 291 g/mol. The van der Waals surface area contributed by atoms with E-state index in [2.05, 4.69) is 10.2 Å². The molecule has 1 aromatic carbocycles. The van der Waals surface area contributed by atoms with E-state index in [9.17, 15) is 9.18 Å². The van der Waals surface area contributed by atoms with Crippen molar-refractivity contribution >= 4 is 11.6 Å². The van der Waals surface area contributed by atoms with Crippen LogP contribution < -0.4 is 5.32 Å². The Kier molecular flexibility index (Phi) is 4.10. The minimum atomic E-state index is -0.376. The number of anilines is 1. The molecule has 1 unspecified atom stereocenters. The van der Waals surface area contributed by atoms with Crippen LogP contribution in [0.4, 0.5) is 10.1 Å². The van der Waals surface area contributed by atoms with Crippen LogP contribution in [-0.2, 0) is 0 Å². The molecule has 2 aliphatic rings. The molecule has 0 radical (unpaired) electrons. The smallest absolute Gasteiger partial charge is 0.256 e. The molecule has 1 amide bonds. The van der Waals surface area contributed by atoms with Crippen molar-refractivity contribution in [3.05, 3.63) is 29.6 Å². The molecule has 4 nitrogen and oxygen atoms in total. The summed E-state index contributed by atoms with van der Waals surface area (Å²) in [6.45, 7) is 3.82. The van der Waals surface area contributed by atoms with E-state index < -0.39 is 0 Å². The number of nitrogens with zero attached hydrogens (tertiary/aromatic N) is 2. The van der Waals surface area contributed by atoms with Gasteiger partial charge in [0.15, 0.2) is 0 Å². The van der Waals surface area contributed by atoms with Gasteiger partial charge in [-0.25, -0.2) is 4.39 Å². The van der Waals surface area contributed by atoms with Crippen LogP contribution in [0.3, 0.4) is 0 Å². The fourth-order valence-corrected chi connectivity index (χ4v) is 3.46. The molecule has 0 aromatic heterocycles. The van der Waals surface area contributed by atoms with Crippen LogP contribution in [0, 0.1) is 5.82 Å². The van der Waals surface area contributed by atoms with Crippen LogP contribution in [0.25, 0.3) is 0 Å². The van der Waals surface area contributed by atoms with E-state index in [0.717, 1.165) is 32.6 Å². The van der Waals surface area contributed by atoms with E-state index >= 15 is 0 Å². The third kappa shape index (κ3) is 2.75. The minimum absolute atomic E-state index is 0.0689. The lowest BCUT2D eigenvalue weighted by Gasteiger charge is -2.24. The van der Waals surface area contributed by atoms with E-state index in [4.69, 9.17) is 0 Å². The van der Waals surface area contributed by atoms with E-state index in [1.165, 1.54) is 18.9 Å². The van der Waals surface area contributed by atoms with E-state index in [1.807, 2.05) is 4.90 Å². The summed E-state index contributed by atoms with van der Waals surface area (Å²) in [5.41, 5.74) is 0.728. The zero-order valence-corrected chi connectivity index (χ0v) is 12.4. The first-order valence-corrected chi connectivity index (χ1v) is 7.70. The molecule has 0 bridgehead atoms. The Bertz CT molecular complexity index is 528. The largest absolute Gasteiger partial charge is 0.385 e. The van der Waals surface area contributed by atoms with Crippen molar-refractivity contribution < 1.29 is 9.18 Å². The fraction of sp³-hybridized carbons (Fsp3) is 0.562. The van der Waals surface area contributed by atoms with Crippen LogP contribution in [0.5, 0.6) is 0 Å². The summed E-state index contributed by atoms with van der Waals surface area (Å²) in [4.78, 5) is 17.0. The van der Waals surface area contributed by atoms with Crippen molar-refractivity contribution in [1.82, 2.24) is 9.80 Å². The third-order valence-corrected chi connectivity index (χ3v) is 4.60. The van der Waals surface area contributed by atoms with Gasteiger partial charge in [0.2, 0.25) is 0 Å². The number of rotatable bonds is 3. The lowest BCUT2D eigenvalue weighted by Crippen LogP contribution is -2.37. The molecule has 2 heterocycles. The van der Waals surface area contributed by atoms with Gasteiger partial charge >= 0.3 is 0 Å². The zero-order valence-electron chi connectivity index (χ0n) is 12.4. The predicted octanol–water partition coefficient (Wildman–Crippen LogP) is 2.18. The summed E-state index contributed by atoms with van der Waals surface area (Å²) >= 11 is 0. The minimum Gasteiger partial charge on any atom is -0.385 e. The zero-order chi connectivity index (χ0) is 14.8. The standard InChI is InChI=1S/C16H22FN3O/c1-18-15-13(5-4-6-14(15)17)16(21)20-10-7-12(11-20)19-8-2-3-9-19/h4-6,12,18H,2-3,7-11H2,1H3. The second-order valence-electron chi connectivity index (χ2n) is 5.85. The first-order valence-electron chi connectivity index (χ1n) is 7.70. The number of halogens is 1. The van der Waals surface area contributed by atoms with Gasteiger partial charge in [-0.05, 0) is 44.5 Å². The number of benzene rings is 1. The molecule has 21 heavy (non-hydrogen) atoms. The second kappa shape index (κ2) is 6.02. The summed E-state index contributed by atoms with van der Waals surface area (Å²) in [5, 5.41) is 2.80. The molecule has 0 aliphatic carbocycles. The summed E-state index contributed by atoms with van der Waals surface area (Å²) in [7, 11) is 1.65. The number of para-hydroxylation sites is 1. The first-order chi connectivity index (χ1) is 10.2. The van der Waals surface area contributed by atoms with Gasteiger partial charge in [-0.2, -0.15) is 0 Å². The molecular formula is C16H22FN3O. The maximum Gasteiger partial charge on any atom is 0.256 e. The van der Waals surface area contributed by atoms with Crippen molar-refractivity contribution in [2.24, 2.45) is 0 Å². The molecule has 0 spiro atoms. The molecule has 1 N–H and O–H groups in total. The Morgan fingerprint density at radius 3 is 2.76 bits per heavy atom. The lowest BCUT2D eigenvalue weighted by atomic mass is 10.1. The summed E-state index contributed by atoms with van der Waals surface area (Å²) in [6, 6.07) is 5.14. The quantitative estimate of drug-likeness (QED) is 0.927. The van der Waals surface area contributed by atoms with Crippen LogP contribution >= 0.6 is 0 Å². The van der Waals surface area contributed by atoms with Crippen LogP contribution in [0.1, 0.15) is 29.6 Å². The topological polar surface area (TPSA) is 35.6 Å². The maximum absolute atomic E-state index is 13.8. The Morgan fingerprint density at radius 2 is 2.05 bits per heavy atom. The molecule has 3 rings (SSSR count). The highest BCUT2D eigenvalue weighted by atomic mass is 19.1. The Labute approximate surface area is 124 Å². The highest BCUT2D eigenvalue weighted by Gasteiger charge is 2.32. The number of carbonyl (C=O) groups is 1. The van der Waals surface area contributed by atoms with Crippen molar-refractivity contribution in [1.29, 1.82) is 0 Å². The van der Waals surface area contributed by atoms with Crippen molar-refractivity contribution in [3.63, 3.8) is 0 Å². The Hall–Kier alpha value is -1.62. The molecule has 1 aromatic rings. The molecule has 1 atom stereocenters. The summed E-state index contributed by atoms with van der Waals surface area (Å²) in [6.07, 6.45) is 3.55. The number of amides is 1. The maximum atomic E-state index is 13.8. The van der Waals surface area contributed by atoms with Gasteiger partial charge in [-0.1, -0.05) is 6.07 Å². The van der Waals surface area contributed by atoms with Gasteiger partial charge < -0.3 is 10.2 Å². The van der Waals surface area contributed by atoms with E-state index in [1.54, 1.807) is 19.2 Å². The second-order valence-corrected chi connectivity index (χ2v) is 5.85. The van der Waals surface area contributed by atoms with E-state index in [-0.39, 0.29) is 11.7 Å². The number of hydrogen-bond donors (Lipinski definition) is 1.